The van der Waals surface area contributed by atoms with E-state index in [1.54, 1.807) is 6.92 Å². The van der Waals surface area contributed by atoms with Crippen LogP contribution in [0, 0.1) is 16.0 Å². The zero-order chi connectivity index (χ0) is 14.2. The van der Waals surface area contributed by atoms with Gasteiger partial charge in [0.1, 0.15) is 4.92 Å². The molecule has 0 aliphatic carbocycles. The van der Waals surface area contributed by atoms with Crippen molar-refractivity contribution in [3.05, 3.63) is 28.0 Å². The Kier molecular flexibility index (Phi) is 3.24. The number of rotatable bonds is 3. The summed E-state index contributed by atoms with van der Waals surface area (Å²) >= 11 is 0. The third-order valence-electron chi connectivity index (χ3n) is 3.32. The van der Waals surface area contributed by atoms with Crippen LogP contribution in [0.15, 0.2) is 16.5 Å². The second-order valence-corrected chi connectivity index (χ2v) is 4.37. The minimum absolute atomic E-state index is 0.149. The minimum atomic E-state index is -0.951. The van der Waals surface area contributed by atoms with Crippen molar-refractivity contribution in [2.75, 3.05) is 6.54 Å². The van der Waals surface area contributed by atoms with E-state index in [0.717, 1.165) is 6.07 Å². The molecule has 1 aromatic rings. The van der Waals surface area contributed by atoms with Gasteiger partial charge in [-0.2, -0.15) is 0 Å². The lowest BCUT2D eigenvalue weighted by Crippen LogP contribution is -2.37. The molecule has 1 amide bonds. The number of hydrogen-bond acceptors (Lipinski definition) is 5. The number of nitro groups is 1. The second-order valence-electron chi connectivity index (χ2n) is 4.37. The van der Waals surface area contributed by atoms with Crippen LogP contribution in [-0.2, 0) is 4.79 Å². The van der Waals surface area contributed by atoms with E-state index in [4.69, 9.17) is 9.52 Å². The number of nitrogens with zero attached hydrogens (tertiary/aromatic N) is 2. The highest BCUT2D eigenvalue weighted by Crippen LogP contribution is 2.27. The molecule has 0 aromatic carbocycles. The average molecular weight is 268 g/mol. The summed E-state index contributed by atoms with van der Waals surface area (Å²) in [6, 6.07) is 1.86. The van der Waals surface area contributed by atoms with Crippen molar-refractivity contribution in [1.29, 1.82) is 0 Å². The molecule has 1 aliphatic rings. The fraction of sp³-hybridized carbons (Fsp3) is 0.455. The van der Waals surface area contributed by atoms with Gasteiger partial charge in [0.25, 0.3) is 5.91 Å². The summed E-state index contributed by atoms with van der Waals surface area (Å²) in [4.78, 5) is 34.1. The lowest BCUT2D eigenvalue weighted by Gasteiger charge is -2.21. The summed E-state index contributed by atoms with van der Waals surface area (Å²) in [5, 5.41) is 19.5. The van der Waals surface area contributed by atoms with Crippen molar-refractivity contribution >= 4 is 17.8 Å². The van der Waals surface area contributed by atoms with Gasteiger partial charge in [-0.25, -0.2) is 0 Å². The summed E-state index contributed by atoms with van der Waals surface area (Å²) < 4.78 is 4.83. The molecule has 19 heavy (non-hydrogen) atoms. The monoisotopic (exact) mass is 268 g/mol. The minimum Gasteiger partial charge on any atom is -0.481 e. The summed E-state index contributed by atoms with van der Waals surface area (Å²) in [7, 11) is 0. The number of carboxylic acid groups (broad SMARTS) is 1. The Balaban J connectivity index is 2.16. The Morgan fingerprint density at radius 3 is 2.68 bits per heavy atom. The zero-order valence-electron chi connectivity index (χ0n) is 10.1. The molecule has 2 heterocycles. The number of amides is 1. The lowest BCUT2D eigenvalue weighted by atomic mass is 10.0. The van der Waals surface area contributed by atoms with E-state index in [2.05, 4.69) is 0 Å². The molecule has 2 rings (SSSR count). The molecule has 2 unspecified atom stereocenters. The van der Waals surface area contributed by atoms with Gasteiger partial charge in [0.2, 0.25) is 0 Å². The molecule has 2 atom stereocenters. The molecular weight excluding hydrogens is 256 g/mol. The first-order chi connectivity index (χ1) is 8.91. The summed E-state index contributed by atoms with van der Waals surface area (Å²) in [6.07, 6.45) is 0.366. The number of carboxylic acids is 1. The molecular formula is C11H12N2O6. The van der Waals surface area contributed by atoms with Gasteiger partial charge in [0, 0.05) is 12.6 Å². The number of hydrogen-bond donors (Lipinski definition) is 1. The van der Waals surface area contributed by atoms with Gasteiger partial charge in [-0.3, -0.25) is 19.7 Å². The van der Waals surface area contributed by atoms with Crippen LogP contribution in [0.3, 0.4) is 0 Å². The largest absolute Gasteiger partial charge is 0.481 e. The normalized spacial score (nSPS) is 22.5. The molecule has 1 saturated heterocycles. The molecule has 0 bridgehead atoms. The quantitative estimate of drug-likeness (QED) is 0.649. The Morgan fingerprint density at radius 2 is 2.21 bits per heavy atom. The summed E-state index contributed by atoms with van der Waals surface area (Å²) in [5.41, 5.74) is 0. The molecule has 102 valence electrons. The van der Waals surface area contributed by atoms with Gasteiger partial charge in [-0.15, -0.1) is 0 Å². The maximum atomic E-state index is 12.1. The molecule has 0 saturated carbocycles. The maximum absolute atomic E-state index is 12.1. The van der Waals surface area contributed by atoms with Crippen molar-refractivity contribution in [2.24, 2.45) is 5.92 Å². The Hall–Kier alpha value is -2.38. The van der Waals surface area contributed by atoms with Crippen molar-refractivity contribution in [2.45, 2.75) is 19.4 Å². The van der Waals surface area contributed by atoms with E-state index in [1.807, 2.05) is 0 Å². The Morgan fingerprint density at radius 1 is 1.53 bits per heavy atom. The topological polar surface area (TPSA) is 114 Å². The molecule has 8 nitrogen and oxygen atoms in total. The highest BCUT2D eigenvalue weighted by molar-refractivity contribution is 5.92. The molecule has 1 N–H and O–H groups in total. The van der Waals surface area contributed by atoms with Crippen LogP contribution in [0.5, 0.6) is 0 Å². The van der Waals surface area contributed by atoms with Gasteiger partial charge in [-0.1, -0.05) is 0 Å². The third kappa shape index (κ3) is 2.28. The highest BCUT2D eigenvalue weighted by atomic mass is 16.6. The lowest BCUT2D eigenvalue weighted by molar-refractivity contribution is -0.402. The van der Waals surface area contributed by atoms with Crippen molar-refractivity contribution < 1.29 is 24.0 Å². The number of aliphatic carboxylic acids is 1. The fourth-order valence-corrected chi connectivity index (χ4v) is 2.24. The third-order valence-corrected chi connectivity index (χ3v) is 3.32. The highest BCUT2D eigenvalue weighted by Gasteiger charge is 2.39. The first-order valence-corrected chi connectivity index (χ1v) is 5.70. The second kappa shape index (κ2) is 4.71. The Labute approximate surface area is 107 Å². The van der Waals surface area contributed by atoms with Gasteiger partial charge in [0.15, 0.2) is 5.76 Å². The van der Waals surface area contributed by atoms with Crippen LogP contribution in [0.25, 0.3) is 0 Å². The van der Waals surface area contributed by atoms with Gasteiger partial charge < -0.3 is 14.4 Å². The molecule has 1 aliphatic heterocycles. The maximum Gasteiger partial charge on any atom is 0.433 e. The zero-order valence-corrected chi connectivity index (χ0v) is 10.1. The van der Waals surface area contributed by atoms with E-state index < -0.39 is 34.6 Å². The summed E-state index contributed by atoms with van der Waals surface area (Å²) in [5.74, 6) is -2.75. The molecule has 0 radical (unpaired) electrons. The van der Waals surface area contributed by atoms with Crippen LogP contribution < -0.4 is 0 Å². The van der Waals surface area contributed by atoms with Crippen LogP contribution in [0.2, 0.25) is 0 Å². The van der Waals surface area contributed by atoms with Crippen molar-refractivity contribution in [1.82, 2.24) is 4.90 Å². The van der Waals surface area contributed by atoms with E-state index in [0.29, 0.717) is 13.0 Å². The van der Waals surface area contributed by atoms with Crippen molar-refractivity contribution in [3.63, 3.8) is 0 Å². The smallest absolute Gasteiger partial charge is 0.433 e. The average Bonchev–Trinajstić information content (AvgIpc) is 2.94. The predicted octanol–water partition coefficient (Wildman–Crippen LogP) is 1.12. The number of carbonyl (C=O) groups is 2. The first kappa shape index (κ1) is 13.1. The number of carbonyl (C=O) groups excluding carboxylic acids is 1. The van der Waals surface area contributed by atoms with Crippen LogP contribution in [0.4, 0.5) is 5.88 Å². The van der Waals surface area contributed by atoms with Gasteiger partial charge >= 0.3 is 11.9 Å². The SMILES string of the molecule is CC1C(C(=O)O)CCN1C(=O)c1ccc([N+](=O)[O-])o1. The Bertz CT molecular complexity index is 537. The van der Waals surface area contributed by atoms with Crippen LogP contribution in [0.1, 0.15) is 23.9 Å². The fourth-order valence-electron chi connectivity index (χ4n) is 2.24. The van der Waals surface area contributed by atoms with Gasteiger partial charge in [-0.05, 0) is 19.4 Å². The number of likely N-dealkylation sites (tertiary alicyclic amines) is 1. The van der Waals surface area contributed by atoms with E-state index in [9.17, 15) is 19.7 Å². The van der Waals surface area contributed by atoms with E-state index in [1.165, 1.54) is 11.0 Å². The molecule has 0 spiro atoms. The molecule has 1 aromatic heterocycles. The van der Waals surface area contributed by atoms with Crippen molar-refractivity contribution in [3.8, 4) is 0 Å². The van der Waals surface area contributed by atoms with E-state index >= 15 is 0 Å². The van der Waals surface area contributed by atoms with Gasteiger partial charge in [0.05, 0.1) is 12.0 Å². The van der Waals surface area contributed by atoms with Crippen LogP contribution in [-0.4, -0.2) is 39.4 Å². The first-order valence-electron chi connectivity index (χ1n) is 5.70. The molecule has 1 fully saturated rings. The van der Waals surface area contributed by atoms with E-state index in [-0.39, 0.29) is 5.76 Å². The molecule has 8 heteroatoms. The summed E-state index contributed by atoms with van der Waals surface area (Å²) in [6.45, 7) is 1.94. The predicted molar refractivity (Wildman–Crippen MR) is 61.6 cm³/mol. The standard InChI is InChI=1S/C11H12N2O6/c1-6-7(11(15)16)4-5-12(6)10(14)8-2-3-9(19-8)13(17)18/h2-3,6-7H,4-5H2,1H3,(H,15,16). The number of furan rings is 1. The van der Waals surface area contributed by atoms with Crippen LogP contribution >= 0.6 is 0 Å².